The third-order valence-corrected chi connectivity index (χ3v) is 5.23. The zero-order valence-electron chi connectivity index (χ0n) is 13.1. The van der Waals surface area contributed by atoms with Crippen LogP contribution in [0.5, 0.6) is 0 Å². The van der Waals surface area contributed by atoms with Crippen LogP contribution in [-0.2, 0) is 6.54 Å². The van der Waals surface area contributed by atoms with E-state index in [-0.39, 0.29) is 10.8 Å². The number of halogens is 2. The molecule has 1 aromatic heterocycles. The third-order valence-electron chi connectivity index (χ3n) is 3.74. The van der Waals surface area contributed by atoms with Crippen LogP contribution in [0, 0.1) is 12.7 Å². The van der Waals surface area contributed by atoms with Crippen molar-refractivity contribution in [3.05, 3.63) is 58.6 Å². The van der Waals surface area contributed by atoms with Crippen LogP contribution < -0.4 is 0 Å². The Balaban J connectivity index is 2.02. The summed E-state index contributed by atoms with van der Waals surface area (Å²) in [6.07, 6.45) is 1.13. The standard InChI is InChI=1S/C18H18ClFN2S/c1-3-9-23-14-7-8-16-17(10-14)22(12(2)21-16)11-13-5-4-6-15(19)18(13)20/h4-8,10H,3,9,11H2,1-2H3. The van der Waals surface area contributed by atoms with E-state index in [4.69, 9.17) is 11.6 Å². The Bertz CT molecular complexity index is 844. The molecule has 1 heterocycles. The molecular formula is C18H18ClFN2S. The Hall–Kier alpha value is -1.52. The van der Waals surface area contributed by atoms with E-state index in [1.165, 1.54) is 4.90 Å². The highest BCUT2D eigenvalue weighted by Gasteiger charge is 2.12. The second-order valence-electron chi connectivity index (χ2n) is 5.46. The van der Waals surface area contributed by atoms with E-state index in [1.54, 1.807) is 18.2 Å². The number of hydrogen-bond donors (Lipinski definition) is 0. The van der Waals surface area contributed by atoms with Gasteiger partial charge in [0.05, 0.1) is 22.6 Å². The topological polar surface area (TPSA) is 17.8 Å². The number of aromatic nitrogens is 2. The molecule has 3 aromatic rings. The van der Waals surface area contributed by atoms with Crippen molar-refractivity contribution in [3.63, 3.8) is 0 Å². The van der Waals surface area contributed by atoms with Gasteiger partial charge in [0.25, 0.3) is 0 Å². The van der Waals surface area contributed by atoms with Gasteiger partial charge in [0.2, 0.25) is 0 Å². The summed E-state index contributed by atoms with van der Waals surface area (Å²) < 4.78 is 16.2. The van der Waals surface area contributed by atoms with Crippen LogP contribution in [-0.4, -0.2) is 15.3 Å². The summed E-state index contributed by atoms with van der Waals surface area (Å²) in [4.78, 5) is 5.80. The van der Waals surface area contributed by atoms with Crippen molar-refractivity contribution >= 4 is 34.4 Å². The van der Waals surface area contributed by atoms with Gasteiger partial charge in [0.1, 0.15) is 11.6 Å². The first kappa shape index (κ1) is 16.3. The van der Waals surface area contributed by atoms with Crippen molar-refractivity contribution in [1.82, 2.24) is 9.55 Å². The molecule has 0 fully saturated rings. The molecule has 0 spiro atoms. The molecule has 0 bridgehead atoms. The molecule has 0 aliphatic rings. The molecule has 23 heavy (non-hydrogen) atoms. The highest BCUT2D eigenvalue weighted by Crippen LogP contribution is 2.26. The van der Waals surface area contributed by atoms with Crippen LogP contribution in [0.1, 0.15) is 24.7 Å². The maximum atomic E-state index is 14.2. The molecule has 0 N–H and O–H groups in total. The van der Waals surface area contributed by atoms with Gasteiger partial charge in [-0.15, -0.1) is 11.8 Å². The van der Waals surface area contributed by atoms with E-state index in [0.717, 1.165) is 29.0 Å². The highest BCUT2D eigenvalue weighted by molar-refractivity contribution is 7.99. The van der Waals surface area contributed by atoms with Crippen molar-refractivity contribution in [2.45, 2.75) is 31.7 Å². The Morgan fingerprint density at radius 1 is 1.26 bits per heavy atom. The fourth-order valence-corrected chi connectivity index (χ4v) is 3.57. The molecule has 0 aliphatic heterocycles. The summed E-state index contributed by atoms with van der Waals surface area (Å²) in [6, 6.07) is 11.4. The summed E-state index contributed by atoms with van der Waals surface area (Å²) in [6.45, 7) is 4.54. The Morgan fingerprint density at radius 2 is 2.09 bits per heavy atom. The first-order chi connectivity index (χ1) is 11.1. The molecule has 0 amide bonds. The molecule has 0 saturated carbocycles. The first-order valence-electron chi connectivity index (χ1n) is 7.62. The quantitative estimate of drug-likeness (QED) is 0.551. The van der Waals surface area contributed by atoms with Gasteiger partial charge in [0.15, 0.2) is 0 Å². The Morgan fingerprint density at radius 3 is 2.87 bits per heavy atom. The molecule has 2 aromatic carbocycles. The van der Waals surface area contributed by atoms with E-state index >= 15 is 0 Å². The van der Waals surface area contributed by atoms with E-state index in [1.807, 2.05) is 29.3 Å². The molecule has 2 nitrogen and oxygen atoms in total. The largest absolute Gasteiger partial charge is 0.324 e. The minimum atomic E-state index is -0.355. The molecule has 3 rings (SSSR count). The Kier molecular flexibility index (Phi) is 4.93. The summed E-state index contributed by atoms with van der Waals surface area (Å²) >= 11 is 7.72. The summed E-state index contributed by atoms with van der Waals surface area (Å²) in [7, 11) is 0. The van der Waals surface area contributed by atoms with Crippen LogP contribution in [0.2, 0.25) is 5.02 Å². The number of benzene rings is 2. The van der Waals surface area contributed by atoms with Crippen LogP contribution in [0.3, 0.4) is 0 Å². The van der Waals surface area contributed by atoms with Crippen molar-refractivity contribution in [2.24, 2.45) is 0 Å². The van der Waals surface area contributed by atoms with E-state index in [9.17, 15) is 4.39 Å². The number of imidazole rings is 1. The fourth-order valence-electron chi connectivity index (χ4n) is 2.57. The number of thioether (sulfide) groups is 1. The van der Waals surface area contributed by atoms with E-state index in [0.29, 0.717) is 12.1 Å². The van der Waals surface area contributed by atoms with Gasteiger partial charge in [-0.1, -0.05) is 30.7 Å². The lowest BCUT2D eigenvalue weighted by atomic mass is 10.2. The number of rotatable bonds is 5. The normalized spacial score (nSPS) is 11.3. The summed E-state index contributed by atoms with van der Waals surface area (Å²) in [5, 5.41) is 0.156. The molecular weight excluding hydrogens is 331 g/mol. The molecule has 5 heteroatoms. The molecule has 0 aliphatic carbocycles. The maximum absolute atomic E-state index is 14.2. The second kappa shape index (κ2) is 6.93. The van der Waals surface area contributed by atoms with Crippen molar-refractivity contribution < 1.29 is 4.39 Å². The molecule has 0 unspecified atom stereocenters. The van der Waals surface area contributed by atoms with Gasteiger partial charge < -0.3 is 4.57 Å². The van der Waals surface area contributed by atoms with Gasteiger partial charge >= 0.3 is 0 Å². The lowest BCUT2D eigenvalue weighted by Crippen LogP contribution is -2.04. The number of nitrogens with zero attached hydrogens (tertiary/aromatic N) is 2. The SMILES string of the molecule is CCCSc1ccc2nc(C)n(Cc3cccc(Cl)c3F)c2c1. The second-order valence-corrected chi connectivity index (χ2v) is 7.03. The minimum Gasteiger partial charge on any atom is -0.324 e. The lowest BCUT2D eigenvalue weighted by Gasteiger charge is -2.09. The van der Waals surface area contributed by atoms with E-state index in [2.05, 4.69) is 24.0 Å². The number of aryl methyl sites for hydroxylation is 1. The van der Waals surface area contributed by atoms with Crippen molar-refractivity contribution in [3.8, 4) is 0 Å². The number of fused-ring (bicyclic) bond motifs is 1. The molecule has 0 radical (unpaired) electrons. The van der Waals surface area contributed by atoms with Crippen LogP contribution in [0.15, 0.2) is 41.3 Å². The zero-order chi connectivity index (χ0) is 16.4. The van der Waals surface area contributed by atoms with Gasteiger partial charge in [0, 0.05) is 10.5 Å². The average molecular weight is 349 g/mol. The minimum absolute atomic E-state index is 0.156. The average Bonchev–Trinajstić information content (AvgIpc) is 2.85. The van der Waals surface area contributed by atoms with Crippen LogP contribution >= 0.6 is 23.4 Å². The first-order valence-corrected chi connectivity index (χ1v) is 8.99. The lowest BCUT2D eigenvalue weighted by molar-refractivity contribution is 0.600. The van der Waals surface area contributed by atoms with Gasteiger partial charge in [-0.25, -0.2) is 9.37 Å². The fraction of sp³-hybridized carbons (Fsp3) is 0.278. The van der Waals surface area contributed by atoms with Crippen molar-refractivity contribution in [2.75, 3.05) is 5.75 Å². The molecule has 0 saturated heterocycles. The van der Waals surface area contributed by atoms with Crippen LogP contribution in [0.4, 0.5) is 4.39 Å². The van der Waals surface area contributed by atoms with Gasteiger partial charge in [-0.3, -0.25) is 0 Å². The Labute approximate surface area is 144 Å². The predicted molar refractivity (Wildman–Crippen MR) is 96.0 cm³/mol. The predicted octanol–water partition coefficient (Wildman–Crippen LogP) is 5.69. The maximum Gasteiger partial charge on any atom is 0.146 e. The summed E-state index contributed by atoms with van der Waals surface area (Å²) in [5.41, 5.74) is 2.54. The van der Waals surface area contributed by atoms with Crippen molar-refractivity contribution in [1.29, 1.82) is 0 Å². The van der Waals surface area contributed by atoms with Gasteiger partial charge in [-0.2, -0.15) is 0 Å². The highest BCUT2D eigenvalue weighted by atomic mass is 35.5. The smallest absolute Gasteiger partial charge is 0.146 e. The molecule has 120 valence electrons. The zero-order valence-corrected chi connectivity index (χ0v) is 14.7. The third kappa shape index (κ3) is 3.38. The molecule has 0 atom stereocenters. The van der Waals surface area contributed by atoms with E-state index < -0.39 is 0 Å². The monoisotopic (exact) mass is 348 g/mol. The number of hydrogen-bond acceptors (Lipinski definition) is 2. The summed E-state index contributed by atoms with van der Waals surface area (Å²) in [5.74, 6) is 1.60. The van der Waals surface area contributed by atoms with Crippen LogP contribution in [0.25, 0.3) is 11.0 Å². The van der Waals surface area contributed by atoms with Gasteiger partial charge in [-0.05, 0) is 43.4 Å².